The van der Waals surface area contributed by atoms with E-state index >= 15 is 0 Å². The van der Waals surface area contributed by atoms with Gasteiger partial charge in [0.25, 0.3) is 0 Å². The Kier molecular flexibility index (Phi) is 9.20. The summed E-state index contributed by atoms with van der Waals surface area (Å²) in [5.41, 5.74) is 8.07. The van der Waals surface area contributed by atoms with Crippen LogP contribution in [-0.4, -0.2) is 18.3 Å². The van der Waals surface area contributed by atoms with Gasteiger partial charge in [0.05, 0.1) is 6.61 Å². The van der Waals surface area contributed by atoms with E-state index in [-0.39, 0.29) is 0 Å². The lowest BCUT2D eigenvalue weighted by atomic mass is 9.76. The number of aryl methyl sites for hydroxylation is 1. The molecule has 2 heteroatoms. The van der Waals surface area contributed by atoms with Crippen molar-refractivity contribution < 1.29 is 9.84 Å². The minimum Gasteiger partial charge on any atom is -0.494 e. The number of benzene rings is 3. The molecule has 0 spiro atoms. The minimum absolute atomic E-state index is 0.293. The van der Waals surface area contributed by atoms with Crippen molar-refractivity contribution in [1.82, 2.24) is 0 Å². The average Bonchev–Trinajstić information content (AvgIpc) is 2.91. The van der Waals surface area contributed by atoms with E-state index in [2.05, 4.69) is 80.2 Å². The van der Waals surface area contributed by atoms with Crippen molar-refractivity contribution in [3.05, 3.63) is 95.6 Å². The van der Waals surface area contributed by atoms with Gasteiger partial charge in [-0.05, 0) is 109 Å². The molecule has 0 atom stereocenters. The summed E-state index contributed by atoms with van der Waals surface area (Å²) < 4.78 is 5.90. The molecule has 0 bridgehead atoms. The van der Waals surface area contributed by atoms with Gasteiger partial charge < -0.3 is 9.84 Å². The highest BCUT2D eigenvalue weighted by Crippen LogP contribution is 2.41. The Bertz CT molecular complexity index is 1060. The van der Waals surface area contributed by atoms with Crippen LogP contribution >= 0.6 is 0 Å². The van der Waals surface area contributed by atoms with Gasteiger partial charge in [0.1, 0.15) is 5.75 Å². The molecule has 1 fully saturated rings. The lowest BCUT2D eigenvalue weighted by molar-refractivity contribution is 0.273. The predicted molar refractivity (Wildman–Crippen MR) is 148 cm³/mol. The summed E-state index contributed by atoms with van der Waals surface area (Å²) in [5.74, 6) is 2.29. The fraction of sp³-hybridized carbons (Fsp3) is 0.394. The first-order chi connectivity index (χ1) is 17.2. The maximum atomic E-state index is 8.85. The number of ether oxygens (including phenoxy) is 1. The minimum atomic E-state index is 0.293. The fourth-order valence-corrected chi connectivity index (χ4v) is 5.42. The van der Waals surface area contributed by atoms with Gasteiger partial charge in [-0.25, -0.2) is 0 Å². The van der Waals surface area contributed by atoms with Gasteiger partial charge in [-0.15, -0.1) is 0 Å². The van der Waals surface area contributed by atoms with Gasteiger partial charge in [0.15, 0.2) is 0 Å². The van der Waals surface area contributed by atoms with Gasteiger partial charge in [0.2, 0.25) is 0 Å². The highest BCUT2D eigenvalue weighted by molar-refractivity contribution is 5.69. The molecule has 1 aliphatic rings. The predicted octanol–water partition coefficient (Wildman–Crippen LogP) is 8.68. The molecule has 1 aliphatic carbocycles. The van der Waals surface area contributed by atoms with Gasteiger partial charge in [-0.1, -0.05) is 73.7 Å². The van der Waals surface area contributed by atoms with E-state index in [1.165, 1.54) is 53.5 Å². The SMILES string of the molecule is C=Cc1ccc(-c2ccc(C3CCC(c4ccc(OCCCCCCO)cc4)CC3)cc2C)cc1. The average molecular weight is 469 g/mol. The standard InChI is InChI=1S/C33H40O2/c1-3-26-8-10-30(11-9-26)33-21-18-31(24-25(33)2)29-14-12-27(13-15-29)28-16-19-32(20-17-28)35-23-7-5-4-6-22-34/h3,8-11,16-21,24,27,29,34H,1,4-7,12-15,22-23H2,2H3. The molecule has 0 aliphatic heterocycles. The summed E-state index contributed by atoms with van der Waals surface area (Å²) in [6.45, 7) is 7.14. The van der Waals surface area contributed by atoms with E-state index in [0.717, 1.165) is 43.6 Å². The molecular weight excluding hydrogens is 428 g/mol. The van der Waals surface area contributed by atoms with Crippen molar-refractivity contribution >= 4 is 6.08 Å². The van der Waals surface area contributed by atoms with Crippen molar-refractivity contribution in [2.45, 2.75) is 70.1 Å². The van der Waals surface area contributed by atoms with E-state index in [4.69, 9.17) is 9.84 Å². The number of hydrogen-bond acceptors (Lipinski definition) is 2. The van der Waals surface area contributed by atoms with Crippen LogP contribution in [0.25, 0.3) is 17.2 Å². The number of aliphatic hydroxyl groups excluding tert-OH is 1. The molecule has 4 rings (SSSR count). The van der Waals surface area contributed by atoms with E-state index < -0.39 is 0 Å². The quantitative estimate of drug-likeness (QED) is 0.285. The molecule has 35 heavy (non-hydrogen) atoms. The van der Waals surface area contributed by atoms with Crippen molar-refractivity contribution in [3.8, 4) is 16.9 Å². The van der Waals surface area contributed by atoms with Gasteiger partial charge in [-0.3, -0.25) is 0 Å². The van der Waals surface area contributed by atoms with E-state index in [9.17, 15) is 0 Å². The summed E-state index contributed by atoms with van der Waals surface area (Å²) in [6, 6.07) is 24.5. The normalized spacial score (nSPS) is 17.8. The molecule has 1 N–H and O–H groups in total. The highest BCUT2D eigenvalue weighted by Gasteiger charge is 2.24. The molecular formula is C33H40O2. The summed E-state index contributed by atoms with van der Waals surface area (Å²) >= 11 is 0. The summed E-state index contributed by atoms with van der Waals surface area (Å²) in [5, 5.41) is 8.85. The van der Waals surface area contributed by atoms with Crippen LogP contribution in [0, 0.1) is 6.92 Å². The zero-order chi connectivity index (χ0) is 24.5. The maximum absolute atomic E-state index is 8.85. The second-order valence-corrected chi connectivity index (χ2v) is 10.0. The zero-order valence-corrected chi connectivity index (χ0v) is 21.2. The second kappa shape index (κ2) is 12.7. The fourth-order valence-electron chi connectivity index (χ4n) is 5.42. The molecule has 0 amide bonds. The van der Waals surface area contributed by atoms with Crippen molar-refractivity contribution in [2.24, 2.45) is 0 Å². The Labute approximate surface area is 211 Å². The number of aliphatic hydroxyl groups is 1. The third kappa shape index (κ3) is 6.86. The van der Waals surface area contributed by atoms with Crippen molar-refractivity contribution in [1.29, 1.82) is 0 Å². The largest absolute Gasteiger partial charge is 0.494 e. The van der Waals surface area contributed by atoms with Crippen molar-refractivity contribution in [2.75, 3.05) is 13.2 Å². The first kappa shape index (κ1) is 25.3. The second-order valence-electron chi connectivity index (χ2n) is 10.0. The van der Waals surface area contributed by atoms with Crippen molar-refractivity contribution in [3.63, 3.8) is 0 Å². The number of unbranched alkanes of at least 4 members (excludes halogenated alkanes) is 3. The highest BCUT2D eigenvalue weighted by atomic mass is 16.5. The Morgan fingerprint density at radius 3 is 2.06 bits per heavy atom. The molecule has 3 aromatic carbocycles. The van der Waals surface area contributed by atoms with Gasteiger partial charge in [-0.2, -0.15) is 0 Å². The van der Waals surface area contributed by atoms with Crippen LogP contribution in [0.2, 0.25) is 0 Å². The molecule has 0 saturated heterocycles. The first-order valence-electron chi connectivity index (χ1n) is 13.3. The molecule has 0 radical (unpaired) electrons. The Morgan fingerprint density at radius 2 is 1.43 bits per heavy atom. The van der Waals surface area contributed by atoms with E-state index in [1.54, 1.807) is 0 Å². The van der Waals surface area contributed by atoms with Crippen LogP contribution in [0.3, 0.4) is 0 Å². The summed E-state index contributed by atoms with van der Waals surface area (Å²) in [6.07, 6.45) is 11.0. The Morgan fingerprint density at radius 1 is 0.800 bits per heavy atom. The topological polar surface area (TPSA) is 29.5 Å². The third-order valence-electron chi connectivity index (χ3n) is 7.58. The van der Waals surface area contributed by atoms with Crippen LogP contribution in [-0.2, 0) is 0 Å². The smallest absolute Gasteiger partial charge is 0.119 e. The van der Waals surface area contributed by atoms with Crippen LogP contribution in [0.15, 0.2) is 73.3 Å². The molecule has 2 nitrogen and oxygen atoms in total. The van der Waals surface area contributed by atoms with Gasteiger partial charge >= 0.3 is 0 Å². The molecule has 184 valence electrons. The molecule has 1 saturated carbocycles. The maximum Gasteiger partial charge on any atom is 0.119 e. The molecule has 0 unspecified atom stereocenters. The van der Waals surface area contributed by atoms with Crippen LogP contribution in [0.4, 0.5) is 0 Å². The lowest BCUT2D eigenvalue weighted by Crippen LogP contribution is -2.12. The third-order valence-corrected chi connectivity index (χ3v) is 7.58. The summed E-state index contributed by atoms with van der Waals surface area (Å²) in [7, 11) is 0. The monoisotopic (exact) mass is 468 g/mol. The van der Waals surface area contributed by atoms with Crippen LogP contribution in [0.5, 0.6) is 5.75 Å². The Hall–Kier alpha value is -2.84. The van der Waals surface area contributed by atoms with Crippen LogP contribution in [0.1, 0.15) is 85.5 Å². The Balaban J connectivity index is 1.28. The van der Waals surface area contributed by atoms with Gasteiger partial charge in [0, 0.05) is 6.61 Å². The first-order valence-corrected chi connectivity index (χ1v) is 13.3. The summed E-state index contributed by atoms with van der Waals surface area (Å²) in [4.78, 5) is 0. The number of rotatable bonds is 11. The van der Waals surface area contributed by atoms with E-state index in [0.29, 0.717) is 18.4 Å². The van der Waals surface area contributed by atoms with E-state index in [1.807, 2.05) is 6.08 Å². The number of hydrogen-bond donors (Lipinski definition) is 1. The molecule has 3 aromatic rings. The molecule has 0 aromatic heterocycles. The lowest BCUT2D eigenvalue weighted by Gasteiger charge is -2.29. The molecule has 0 heterocycles. The zero-order valence-electron chi connectivity index (χ0n) is 21.2. The van der Waals surface area contributed by atoms with Crippen LogP contribution < -0.4 is 4.74 Å².